The first-order valence-corrected chi connectivity index (χ1v) is 17.1. The molecule has 0 aromatic heterocycles. The van der Waals surface area contributed by atoms with Crippen molar-refractivity contribution >= 4 is 32.3 Å². The number of rotatable bonds is 4. The molecule has 0 saturated heterocycles. The summed E-state index contributed by atoms with van der Waals surface area (Å²) in [5, 5.41) is 7.70. The van der Waals surface area contributed by atoms with Crippen LogP contribution in [0.5, 0.6) is 0 Å². The predicted molar refractivity (Wildman–Crippen MR) is 207 cm³/mol. The average Bonchev–Trinajstić information content (AvgIpc) is 3.18. The van der Waals surface area contributed by atoms with E-state index in [1.165, 1.54) is 88.0 Å². The van der Waals surface area contributed by atoms with Crippen molar-refractivity contribution in [2.75, 3.05) is 0 Å². The van der Waals surface area contributed by atoms with Crippen LogP contribution in [0.2, 0.25) is 0 Å². The van der Waals surface area contributed by atoms with Crippen molar-refractivity contribution in [2.45, 2.75) is 5.41 Å². The predicted octanol–water partition coefficient (Wildman–Crippen LogP) is 12.8. The number of benzene rings is 9. The first-order chi connectivity index (χ1) is 24.4. The molecule has 228 valence electrons. The van der Waals surface area contributed by atoms with Gasteiger partial charge in [0.05, 0.1) is 5.41 Å². The van der Waals surface area contributed by atoms with Gasteiger partial charge >= 0.3 is 0 Å². The molecule has 1 aliphatic rings. The van der Waals surface area contributed by atoms with Crippen LogP contribution in [-0.4, -0.2) is 0 Å². The quantitative estimate of drug-likeness (QED) is 0.172. The topological polar surface area (TPSA) is 0 Å². The van der Waals surface area contributed by atoms with Gasteiger partial charge in [0.25, 0.3) is 0 Å². The van der Waals surface area contributed by atoms with E-state index in [0.29, 0.717) is 0 Å². The number of hydrogen-bond donors (Lipinski definition) is 0. The maximum Gasteiger partial charge on any atom is 0.0713 e. The van der Waals surface area contributed by atoms with Crippen molar-refractivity contribution in [1.29, 1.82) is 0 Å². The summed E-state index contributed by atoms with van der Waals surface area (Å²) in [5.74, 6) is 0. The van der Waals surface area contributed by atoms with E-state index in [4.69, 9.17) is 0 Å². The highest BCUT2D eigenvalue weighted by atomic mass is 14.4. The van der Waals surface area contributed by atoms with Gasteiger partial charge in [-0.05, 0) is 88.0 Å². The van der Waals surface area contributed by atoms with Gasteiger partial charge in [0, 0.05) is 0 Å². The minimum atomic E-state index is -0.481. The normalized spacial score (nSPS) is 13.1. The van der Waals surface area contributed by atoms with Crippen LogP contribution in [0, 0.1) is 0 Å². The van der Waals surface area contributed by atoms with Gasteiger partial charge in [-0.2, -0.15) is 0 Å². The van der Waals surface area contributed by atoms with Crippen LogP contribution < -0.4 is 0 Å². The second kappa shape index (κ2) is 10.9. The van der Waals surface area contributed by atoms with Crippen molar-refractivity contribution in [3.63, 3.8) is 0 Å². The van der Waals surface area contributed by atoms with Crippen LogP contribution in [0.15, 0.2) is 194 Å². The minimum Gasteiger partial charge on any atom is -0.0622 e. The van der Waals surface area contributed by atoms with E-state index in [-0.39, 0.29) is 0 Å². The van der Waals surface area contributed by atoms with Crippen LogP contribution in [-0.2, 0) is 5.41 Å². The molecule has 0 spiro atoms. The van der Waals surface area contributed by atoms with Gasteiger partial charge in [0.15, 0.2) is 0 Å². The molecule has 0 unspecified atom stereocenters. The van der Waals surface area contributed by atoms with Gasteiger partial charge in [0.1, 0.15) is 0 Å². The van der Waals surface area contributed by atoms with E-state index in [2.05, 4.69) is 194 Å². The molecular weight excluding hydrogens is 589 g/mol. The zero-order valence-corrected chi connectivity index (χ0v) is 27.0. The van der Waals surface area contributed by atoms with Gasteiger partial charge in [-0.25, -0.2) is 0 Å². The van der Waals surface area contributed by atoms with Crippen LogP contribution in [0.3, 0.4) is 0 Å². The standard InChI is InChI=1S/C49H32/c1-4-17-33(18-5-1)46-37-24-10-12-26-39(37)47(40-27-13-11-25-38(40)46)43-32-31-42-36-23-14-15-29-44(36)49(34-19-6-2-7-20-34,35-21-8-3-9-22-35)45-30-16-28-41(43)48(42)45/h1-32H. The molecule has 9 aromatic rings. The minimum absolute atomic E-state index is 0.481. The first-order valence-electron chi connectivity index (χ1n) is 17.1. The molecule has 0 bridgehead atoms. The van der Waals surface area contributed by atoms with Crippen LogP contribution in [0.4, 0.5) is 0 Å². The maximum atomic E-state index is 2.38. The van der Waals surface area contributed by atoms with Gasteiger partial charge in [-0.1, -0.05) is 194 Å². The van der Waals surface area contributed by atoms with E-state index in [1.54, 1.807) is 0 Å². The van der Waals surface area contributed by atoms with E-state index in [9.17, 15) is 0 Å². The van der Waals surface area contributed by atoms with E-state index in [1.807, 2.05) is 0 Å². The largest absolute Gasteiger partial charge is 0.0713 e. The Bertz CT molecular complexity index is 2590. The lowest BCUT2D eigenvalue weighted by atomic mass is 9.59. The zero-order valence-electron chi connectivity index (χ0n) is 27.0. The Balaban J connectivity index is 1.38. The summed E-state index contributed by atoms with van der Waals surface area (Å²) in [6.07, 6.45) is 0. The van der Waals surface area contributed by atoms with Crippen molar-refractivity contribution in [3.8, 4) is 33.4 Å². The highest BCUT2D eigenvalue weighted by Crippen LogP contribution is 2.56. The van der Waals surface area contributed by atoms with Crippen LogP contribution in [0.25, 0.3) is 65.7 Å². The van der Waals surface area contributed by atoms with Crippen molar-refractivity contribution in [1.82, 2.24) is 0 Å². The summed E-state index contributed by atoms with van der Waals surface area (Å²) >= 11 is 0. The average molecular weight is 621 g/mol. The lowest BCUT2D eigenvalue weighted by molar-refractivity contribution is 0.750. The fourth-order valence-electron chi connectivity index (χ4n) is 8.85. The summed E-state index contributed by atoms with van der Waals surface area (Å²) in [6.45, 7) is 0. The lowest BCUT2D eigenvalue weighted by Crippen LogP contribution is -2.33. The Labute approximate surface area is 286 Å². The molecule has 0 amide bonds. The second-order valence-electron chi connectivity index (χ2n) is 13.1. The third kappa shape index (κ3) is 3.92. The van der Waals surface area contributed by atoms with Gasteiger partial charge < -0.3 is 0 Å². The van der Waals surface area contributed by atoms with Crippen LogP contribution in [0.1, 0.15) is 22.3 Å². The molecule has 0 aliphatic heterocycles. The van der Waals surface area contributed by atoms with Crippen molar-refractivity contribution < 1.29 is 0 Å². The van der Waals surface area contributed by atoms with Gasteiger partial charge in [0.2, 0.25) is 0 Å². The molecule has 0 atom stereocenters. The summed E-state index contributed by atoms with van der Waals surface area (Å²) in [6, 6.07) is 71.8. The molecule has 0 nitrogen and oxygen atoms in total. The third-order valence-electron chi connectivity index (χ3n) is 10.7. The summed E-state index contributed by atoms with van der Waals surface area (Å²) in [4.78, 5) is 0. The lowest BCUT2D eigenvalue weighted by Gasteiger charge is -2.42. The zero-order chi connectivity index (χ0) is 32.4. The van der Waals surface area contributed by atoms with Gasteiger partial charge in [-0.3, -0.25) is 0 Å². The smallest absolute Gasteiger partial charge is 0.0622 e. The second-order valence-corrected chi connectivity index (χ2v) is 13.1. The summed E-state index contributed by atoms with van der Waals surface area (Å²) in [5.41, 5.74) is 12.4. The van der Waals surface area contributed by atoms with E-state index >= 15 is 0 Å². The Morgan fingerprint density at radius 1 is 0.265 bits per heavy atom. The molecule has 0 heterocycles. The molecule has 0 radical (unpaired) electrons. The Morgan fingerprint density at radius 3 is 1.33 bits per heavy atom. The third-order valence-corrected chi connectivity index (χ3v) is 10.7. The van der Waals surface area contributed by atoms with E-state index < -0.39 is 5.41 Å². The SMILES string of the molecule is c1ccc(-c2c3ccccc3c(-c3ccc4c5c(cccc35)C(c3ccccc3)(c3ccccc3)c3ccccc3-4)c3ccccc23)cc1. The van der Waals surface area contributed by atoms with E-state index in [0.717, 1.165) is 0 Å². The molecule has 0 heteroatoms. The van der Waals surface area contributed by atoms with Crippen molar-refractivity contribution in [3.05, 3.63) is 216 Å². The molecule has 0 fully saturated rings. The Hall–Kier alpha value is -6.24. The van der Waals surface area contributed by atoms with Crippen molar-refractivity contribution in [2.24, 2.45) is 0 Å². The molecule has 1 aliphatic carbocycles. The highest BCUT2D eigenvalue weighted by Gasteiger charge is 2.44. The summed E-state index contributed by atoms with van der Waals surface area (Å²) in [7, 11) is 0. The molecule has 0 saturated carbocycles. The van der Waals surface area contributed by atoms with Gasteiger partial charge in [-0.15, -0.1) is 0 Å². The Morgan fingerprint density at radius 2 is 0.714 bits per heavy atom. The number of hydrogen-bond acceptors (Lipinski definition) is 0. The highest BCUT2D eigenvalue weighted by molar-refractivity contribution is 6.24. The molecule has 49 heavy (non-hydrogen) atoms. The molecule has 10 rings (SSSR count). The molecular formula is C49H32. The monoisotopic (exact) mass is 620 g/mol. The fourth-order valence-corrected chi connectivity index (χ4v) is 8.85. The molecule has 9 aromatic carbocycles. The first kappa shape index (κ1) is 27.8. The Kier molecular flexibility index (Phi) is 6.19. The van der Waals surface area contributed by atoms with Crippen LogP contribution >= 0.6 is 0 Å². The fraction of sp³-hybridized carbons (Fsp3) is 0.0204. The number of fused-ring (bicyclic) bond motifs is 4. The molecule has 0 N–H and O–H groups in total. The maximum absolute atomic E-state index is 2.38. The summed E-state index contributed by atoms with van der Waals surface area (Å²) < 4.78 is 0.